The number of ether oxygens (including phenoxy) is 1. The molecule has 0 fully saturated rings. The van der Waals surface area contributed by atoms with Crippen molar-refractivity contribution in [3.05, 3.63) is 83.7 Å². The third kappa shape index (κ3) is 5.35. The van der Waals surface area contributed by atoms with Crippen molar-refractivity contribution in [2.45, 2.75) is 32.7 Å². The molecular formula is C24H27N3O2. The van der Waals surface area contributed by atoms with Crippen molar-refractivity contribution in [3.8, 4) is 5.75 Å². The molecule has 3 aromatic rings. The number of hydrogen-bond donors (Lipinski definition) is 2. The molecule has 1 aromatic heterocycles. The van der Waals surface area contributed by atoms with E-state index >= 15 is 0 Å². The second-order valence-electron chi connectivity index (χ2n) is 7.88. The van der Waals surface area contributed by atoms with Crippen LogP contribution >= 0.6 is 0 Å². The van der Waals surface area contributed by atoms with Crippen molar-refractivity contribution in [1.29, 1.82) is 0 Å². The highest BCUT2D eigenvalue weighted by Gasteiger charge is 2.13. The van der Waals surface area contributed by atoms with Crippen LogP contribution in [0.5, 0.6) is 5.75 Å². The van der Waals surface area contributed by atoms with Gasteiger partial charge in [0.15, 0.2) is 0 Å². The maximum absolute atomic E-state index is 12.4. The zero-order chi connectivity index (χ0) is 20.9. The maximum Gasteiger partial charge on any atom is 0.270 e. The van der Waals surface area contributed by atoms with Gasteiger partial charge in [-0.15, -0.1) is 0 Å². The number of pyridine rings is 1. The highest BCUT2D eigenvalue weighted by Crippen LogP contribution is 2.25. The second-order valence-corrected chi connectivity index (χ2v) is 7.88. The van der Waals surface area contributed by atoms with Crippen LogP contribution in [0.3, 0.4) is 0 Å². The van der Waals surface area contributed by atoms with Crippen LogP contribution in [0.4, 0.5) is 11.4 Å². The molecule has 0 saturated carbocycles. The molecule has 5 heteroatoms. The number of carbonyl (C=O) groups excluding carboxylic acids is 1. The lowest BCUT2D eigenvalue weighted by Crippen LogP contribution is -2.24. The van der Waals surface area contributed by atoms with Gasteiger partial charge in [0.25, 0.3) is 5.91 Å². The first kappa shape index (κ1) is 20.4. The largest absolute Gasteiger partial charge is 0.496 e. The van der Waals surface area contributed by atoms with Gasteiger partial charge in [0.05, 0.1) is 19.0 Å². The summed E-state index contributed by atoms with van der Waals surface area (Å²) in [6, 6.07) is 19.5. The molecule has 150 valence electrons. The lowest BCUT2D eigenvalue weighted by molar-refractivity contribution is 0.0945. The Kier molecular flexibility index (Phi) is 6.17. The zero-order valence-corrected chi connectivity index (χ0v) is 17.3. The number of anilines is 2. The first-order chi connectivity index (χ1) is 13.9. The van der Waals surface area contributed by atoms with Crippen LogP contribution in [-0.4, -0.2) is 18.0 Å². The van der Waals surface area contributed by atoms with Crippen LogP contribution in [0.25, 0.3) is 0 Å². The molecule has 0 spiro atoms. The van der Waals surface area contributed by atoms with Crippen molar-refractivity contribution in [3.63, 3.8) is 0 Å². The third-order valence-electron chi connectivity index (χ3n) is 4.67. The lowest BCUT2D eigenvalue weighted by Gasteiger charge is -2.19. The van der Waals surface area contributed by atoms with E-state index < -0.39 is 0 Å². The molecule has 1 heterocycles. The van der Waals surface area contributed by atoms with Crippen molar-refractivity contribution >= 4 is 17.3 Å². The first-order valence-electron chi connectivity index (χ1n) is 9.60. The average molecular weight is 389 g/mol. The summed E-state index contributed by atoms with van der Waals surface area (Å²) in [6.07, 6.45) is 1.66. The molecular weight excluding hydrogens is 362 g/mol. The Morgan fingerprint density at radius 1 is 0.966 bits per heavy atom. The quantitative estimate of drug-likeness (QED) is 0.618. The number of carbonyl (C=O) groups is 1. The number of hydrogen-bond acceptors (Lipinski definition) is 4. The predicted octanol–water partition coefficient (Wildman–Crippen LogP) is 5.06. The summed E-state index contributed by atoms with van der Waals surface area (Å²) >= 11 is 0. The van der Waals surface area contributed by atoms with Gasteiger partial charge in [-0.1, -0.05) is 51.1 Å². The molecule has 2 N–H and O–H groups in total. The Morgan fingerprint density at radius 2 is 1.66 bits per heavy atom. The fraction of sp³-hybridized carbons (Fsp3) is 0.250. The van der Waals surface area contributed by atoms with Gasteiger partial charge in [0.2, 0.25) is 0 Å². The molecule has 0 aliphatic carbocycles. The van der Waals surface area contributed by atoms with E-state index in [0.29, 0.717) is 12.2 Å². The summed E-state index contributed by atoms with van der Waals surface area (Å²) in [4.78, 5) is 16.7. The molecule has 29 heavy (non-hydrogen) atoms. The van der Waals surface area contributed by atoms with Crippen LogP contribution in [0, 0.1) is 0 Å². The molecule has 0 saturated heterocycles. The molecule has 0 unspecified atom stereocenters. The van der Waals surface area contributed by atoms with Gasteiger partial charge in [-0.3, -0.25) is 4.79 Å². The normalized spacial score (nSPS) is 11.0. The van der Waals surface area contributed by atoms with Gasteiger partial charge < -0.3 is 15.4 Å². The molecule has 5 nitrogen and oxygen atoms in total. The smallest absolute Gasteiger partial charge is 0.270 e. The molecule has 3 rings (SSSR count). The summed E-state index contributed by atoms with van der Waals surface area (Å²) in [5, 5.41) is 6.19. The van der Waals surface area contributed by atoms with Gasteiger partial charge >= 0.3 is 0 Å². The number of para-hydroxylation sites is 1. The average Bonchev–Trinajstić information content (AvgIpc) is 2.72. The van der Waals surface area contributed by atoms with Crippen LogP contribution in [0.2, 0.25) is 0 Å². The molecule has 0 atom stereocenters. The first-order valence-corrected chi connectivity index (χ1v) is 9.60. The SMILES string of the molecule is COc1ccccc1CNC(=O)c1ccc(Nc2ccc(C(C)(C)C)cc2)cn1. The van der Waals surface area contributed by atoms with E-state index in [4.69, 9.17) is 4.74 Å². The van der Waals surface area contributed by atoms with E-state index in [2.05, 4.69) is 60.7 Å². The summed E-state index contributed by atoms with van der Waals surface area (Å²) in [5.41, 5.74) is 4.50. The third-order valence-corrected chi connectivity index (χ3v) is 4.67. The topological polar surface area (TPSA) is 63.2 Å². The molecule has 0 aliphatic heterocycles. The maximum atomic E-state index is 12.4. The summed E-state index contributed by atoms with van der Waals surface area (Å²) in [6.45, 7) is 6.95. The number of benzene rings is 2. The van der Waals surface area contributed by atoms with Crippen molar-refractivity contribution in [2.75, 3.05) is 12.4 Å². The van der Waals surface area contributed by atoms with Crippen molar-refractivity contribution in [2.24, 2.45) is 0 Å². The van der Waals surface area contributed by atoms with Crippen molar-refractivity contribution in [1.82, 2.24) is 10.3 Å². The van der Waals surface area contributed by atoms with E-state index in [9.17, 15) is 4.79 Å². The van der Waals surface area contributed by atoms with E-state index in [0.717, 1.165) is 22.7 Å². The Balaban J connectivity index is 1.60. The number of aromatic nitrogens is 1. The van der Waals surface area contributed by atoms with E-state index in [-0.39, 0.29) is 11.3 Å². The molecule has 2 aromatic carbocycles. The number of rotatable bonds is 6. The van der Waals surface area contributed by atoms with Crippen molar-refractivity contribution < 1.29 is 9.53 Å². The van der Waals surface area contributed by atoms with Gasteiger partial charge in [-0.25, -0.2) is 4.98 Å². The van der Waals surface area contributed by atoms with Crippen LogP contribution < -0.4 is 15.4 Å². The second kappa shape index (κ2) is 8.78. The van der Waals surface area contributed by atoms with Gasteiger partial charge in [0, 0.05) is 17.8 Å². The van der Waals surface area contributed by atoms with Crippen LogP contribution in [0.1, 0.15) is 42.4 Å². The van der Waals surface area contributed by atoms with E-state index in [1.807, 2.05) is 30.3 Å². The Labute approximate surface area is 172 Å². The number of nitrogens with zero attached hydrogens (tertiary/aromatic N) is 1. The monoisotopic (exact) mass is 389 g/mol. The number of amides is 1. The Bertz CT molecular complexity index is 959. The van der Waals surface area contributed by atoms with Gasteiger partial charge in [-0.2, -0.15) is 0 Å². The van der Waals surface area contributed by atoms with Crippen LogP contribution in [-0.2, 0) is 12.0 Å². The lowest BCUT2D eigenvalue weighted by atomic mass is 9.87. The fourth-order valence-corrected chi connectivity index (χ4v) is 2.94. The Hall–Kier alpha value is -3.34. The van der Waals surface area contributed by atoms with Gasteiger partial charge in [-0.05, 0) is 41.3 Å². The minimum absolute atomic E-state index is 0.124. The summed E-state index contributed by atoms with van der Waals surface area (Å²) in [7, 11) is 1.62. The molecule has 0 radical (unpaired) electrons. The Morgan fingerprint density at radius 3 is 2.28 bits per heavy atom. The molecule has 0 aliphatic rings. The highest BCUT2D eigenvalue weighted by molar-refractivity contribution is 5.92. The predicted molar refractivity (Wildman–Crippen MR) is 117 cm³/mol. The van der Waals surface area contributed by atoms with Gasteiger partial charge in [0.1, 0.15) is 11.4 Å². The zero-order valence-electron chi connectivity index (χ0n) is 17.3. The summed E-state index contributed by atoms with van der Waals surface area (Å²) < 4.78 is 5.31. The fourth-order valence-electron chi connectivity index (χ4n) is 2.94. The van der Waals surface area contributed by atoms with Crippen LogP contribution in [0.15, 0.2) is 66.9 Å². The van der Waals surface area contributed by atoms with E-state index in [1.54, 1.807) is 19.4 Å². The molecule has 0 bridgehead atoms. The number of methoxy groups -OCH3 is 1. The van der Waals surface area contributed by atoms with E-state index in [1.165, 1.54) is 5.56 Å². The minimum Gasteiger partial charge on any atom is -0.496 e. The number of nitrogens with one attached hydrogen (secondary N) is 2. The minimum atomic E-state index is -0.225. The summed E-state index contributed by atoms with van der Waals surface area (Å²) in [5.74, 6) is 0.523. The molecule has 1 amide bonds. The highest BCUT2D eigenvalue weighted by atomic mass is 16.5. The standard InChI is InChI=1S/C24H27N3O2/c1-24(2,3)18-9-11-19(12-10-18)27-20-13-14-21(25-16-20)23(28)26-15-17-7-5-6-8-22(17)29-4/h5-14,16,27H,15H2,1-4H3,(H,26,28).